The van der Waals surface area contributed by atoms with E-state index in [0.717, 1.165) is 25.2 Å². The van der Waals surface area contributed by atoms with Gasteiger partial charge in [0.2, 0.25) is 0 Å². The maximum absolute atomic E-state index is 4.71. The van der Waals surface area contributed by atoms with Crippen LogP contribution in [0.1, 0.15) is 152 Å². The van der Waals surface area contributed by atoms with Crippen LogP contribution in [0.4, 0.5) is 0 Å². The first-order chi connectivity index (χ1) is 15.6. The molecule has 0 aliphatic heterocycles. The fourth-order valence-electron chi connectivity index (χ4n) is 4.29. The molecule has 0 aromatic heterocycles. The summed E-state index contributed by atoms with van der Waals surface area (Å²) in [6, 6.07) is 0. The molecule has 32 heavy (non-hydrogen) atoms. The van der Waals surface area contributed by atoms with Crippen molar-refractivity contribution in [3.63, 3.8) is 0 Å². The molecule has 188 valence electrons. The van der Waals surface area contributed by atoms with Gasteiger partial charge >= 0.3 is 0 Å². The van der Waals surface area contributed by atoms with Crippen molar-refractivity contribution >= 4 is 6.21 Å². The fraction of sp³-hybridized carbons (Fsp3) is 0.774. The predicted molar refractivity (Wildman–Crippen MR) is 151 cm³/mol. The van der Waals surface area contributed by atoms with Crippen LogP contribution < -0.4 is 0 Å². The molecule has 0 saturated carbocycles. The second kappa shape index (κ2) is 24.5. The molecule has 0 heterocycles. The normalized spacial score (nSPS) is 13.4. The van der Waals surface area contributed by atoms with Crippen molar-refractivity contribution in [1.29, 1.82) is 0 Å². The molecule has 0 aromatic rings. The van der Waals surface area contributed by atoms with Gasteiger partial charge in [-0.25, -0.2) is 0 Å². The number of unbranched alkanes of at least 4 members (excludes halogenated alkanes) is 3. The minimum Gasteiger partial charge on any atom is -0.266 e. The van der Waals surface area contributed by atoms with E-state index in [0.29, 0.717) is 0 Å². The van der Waals surface area contributed by atoms with E-state index in [4.69, 9.17) is 4.99 Å². The number of rotatable bonds is 18. The quantitative estimate of drug-likeness (QED) is 0.113. The topological polar surface area (TPSA) is 12.4 Å². The minimum atomic E-state index is 0.903. The summed E-state index contributed by atoms with van der Waals surface area (Å²) in [4.78, 5) is 4.71. The summed E-state index contributed by atoms with van der Waals surface area (Å²) in [7, 11) is 0. The van der Waals surface area contributed by atoms with Gasteiger partial charge in [0, 0.05) is 11.9 Å². The number of nitrogens with zero attached hydrogens (tertiary/aromatic N) is 1. The number of hydrogen-bond acceptors (Lipinski definition) is 1. The molecule has 0 aromatic carbocycles. The molecule has 0 amide bonds. The summed E-state index contributed by atoms with van der Waals surface area (Å²) in [5, 5.41) is 0. The predicted octanol–water partition coefficient (Wildman–Crippen LogP) is 11.4. The van der Waals surface area contributed by atoms with Crippen LogP contribution >= 0.6 is 0 Å². The molecule has 0 rings (SSSR count). The minimum absolute atomic E-state index is 0.903. The van der Waals surface area contributed by atoms with Gasteiger partial charge in [0.25, 0.3) is 0 Å². The highest BCUT2D eigenvalue weighted by molar-refractivity contribution is 5.55. The molecule has 0 unspecified atom stereocenters. The molecule has 0 fully saturated rings. The zero-order valence-corrected chi connectivity index (χ0v) is 23.7. The Hall–Kier alpha value is -1.11. The first-order valence-corrected chi connectivity index (χ1v) is 14.1. The highest BCUT2D eigenvalue weighted by atomic mass is 14.7. The van der Waals surface area contributed by atoms with Crippen LogP contribution in [0.5, 0.6) is 0 Å². The Morgan fingerprint density at radius 2 is 1.41 bits per heavy atom. The van der Waals surface area contributed by atoms with Gasteiger partial charge in [-0.05, 0) is 71.6 Å². The van der Waals surface area contributed by atoms with E-state index < -0.39 is 0 Å². The SMILES string of the molecule is CC.CC=N/C(CCCCCC)=C(\C)CC/C(=C/C(=C\C)CCC(CCC)CCC)CC. The second-order valence-corrected chi connectivity index (χ2v) is 8.93. The van der Waals surface area contributed by atoms with Gasteiger partial charge < -0.3 is 0 Å². The largest absolute Gasteiger partial charge is 0.266 e. The van der Waals surface area contributed by atoms with Gasteiger partial charge in [-0.3, -0.25) is 4.99 Å². The van der Waals surface area contributed by atoms with E-state index in [2.05, 4.69) is 53.7 Å². The van der Waals surface area contributed by atoms with Crippen molar-refractivity contribution in [3.05, 3.63) is 34.6 Å². The van der Waals surface area contributed by atoms with Crippen LogP contribution in [0.15, 0.2) is 39.6 Å². The van der Waals surface area contributed by atoms with Gasteiger partial charge in [-0.1, -0.05) is 115 Å². The second-order valence-electron chi connectivity index (χ2n) is 8.93. The molecular formula is C31H59N. The van der Waals surface area contributed by atoms with E-state index in [1.165, 1.54) is 87.5 Å². The van der Waals surface area contributed by atoms with Crippen molar-refractivity contribution in [1.82, 2.24) is 0 Å². The molecule has 1 nitrogen and oxygen atoms in total. The molecule has 0 radical (unpaired) electrons. The Morgan fingerprint density at radius 1 is 0.750 bits per heavy atom. The summed E-state index contributed by atoms with van der Waals surface area (Å²) in [6.07, 6.45) is 24.7. The molecule has 0 saturated heterocycles. The first-order valence-electron chi connectivity index (χ1n) is 14.1. The van der Waals surface area contributed by atoms with Gasteiger partial charge in [0.15, 0.2) is 0 Å². The fourth-order valence-corrected chi connectivity index (χ4v) is 4.29. The van der Waals surface area contributed by atoms with E-state index in [-0.39, 0.29) is 0 Å². The monoisotopic (exact) mass is 445 g/mol. The third kappa shape index (κ3) is 17.4. The molecule has 0 bridgehead atoms. The molecule has 0 aliphatic rings. The average Bonchev–Trinajstić information content (AvgIpc) is 2.82. The molecule has 1 heteroatoms. The molecule has 0 atom stereocenters. The molecular weight excluding hydrogens is 386 g/mol. The van der Waals surface area contributed by atoms with Crippen LogP contribution in [-0.4, -0.2) is 6.21 Å². The maximum atomic E-state index is 4.71. The Kier molecular flexibility index (Phi) is 25.3. The summed E-state index contributed by atoms with van der Waals surface area (Å²) in [6.45, 7) is 19.8. The summed E-state index contributed by atoms with van der Waals surface area (Å²) in [5.41, 5.74) is 5.95. The summed E-state index contributed by atoms with van der Waals surface area (Å²) in [5.74, 6) is 0.903. The van der Waals surface area contributed by atoms with Crippen molar-refractivity contribution in [2.24, 2.45) is 10.9 Å². The lowest BCUT2D eigenvalue weighted by molar-refractivity contribution is 0.412. The highest BCUT2D eigenvalue weighted by Crippen LogP contribution is 2.26. The Balaban J connectivity index is 0. The number of aliphatic imine (C=N–C) groups is 1. The van der Waals surface area contributed by atoms with Crippen molar-refractivity contribution in [3.8, 4) is 0 Å². The number of hydrogen-bond donors (Lipinski definition) is 0. The molecule has 0 N–H and O–H groups in total. The highest BCUT2D eigenvalue weighted by Gasteiger charge is 2.08. The van der Waals surface area contributed by atoms with Crippen LogP contribution in [0.3, 0.4) is 0 Å². The van der Waals surface area contributed by atoms with Gasteiger partial charge in [0.1, 0.15) is 0 Å². The number of allylic oxidation sites excluding steroid dienone is 6. The third-order valence-corrected chi connectivity index (χ3v) is 6.32. The average molecular weight is 446 g/mol. The van der Waals surface area contributed by atoms with E-state index in [1.54, 1.807) is 5.57 Å². The van der Waals surface area contributed by atoms with Crippen LogP contribution in [-0.2, 0) is 0 Å². The Morgan fingerprint density at radius 3 is 1.91 bits per heavy atom. The van der Waals surface area contributed by atoms with Gasteiger partial charge in [-0.15, -0.1) is 0 Å². The molecule has 0 aliphatic carbocycles. The smallest absolute Gasteiger partial charge is 0.0388 e. The van der Waals surface area contributed by atoms with Crippen molar-refractivity contribution in [2.45, 2.75) is 152 Å². The summed E-state index contributed by atoms with van der Waals surface area (Å²) >= 11 is 0. The zero-order chi connectivity index (χ0) is 24.6. The van der Waals surface area contributed by atoms with E-state index in [1.807, 2.05) is 27.0 Å². The van der Waals surface area contributed by atoms with Crippen molar-refractivity contribution < 1.29 is 0 Å². The van der Waals surface area contributed by atoms with Crippen LogP contribution in [0.2, 0.25) is 0 Å². The van der Waals surface area contributed by atoms with E-state index >= 15 is 0 Å². The van der Waals surface area contributed by atoms with Crippen LogP contribution in [0, 0.1) is 5.92 Å². The van der Waals surface area contributed by atoms with Crippen molar-refractivity contribution in [2.75, 3.05) is 0 Å². The zero-order valence-electron chi connectivity index (χ0n) is 23.7. The van der Waals surface area contributed by atoms with Gasteiger partial charge in [-0.2, -0.15) is 0 Å². The maximum Gasteiger partial charge on any atom is 0.0388 e. The van der Waals surface area contributed by atoms with E-state index in [9.17, 15) is 0 Å². The van der Waals surface area contributed by atoms with Gasteiger partial charge in [0.05, 0.1) is 0 Å². The molecule has 0 spiro atoms. The lowest BCUT2D eigenvalue weighted by Crippen LogP contribution is -2.00. The summed E-state index contributed by atoms with van der Waals surface area (Å²) < 4.78 is 0. The van der Waals surface area contributed by atoms with Crippen LogP contribution in [0.25, 0.3) is 0 Å². The Bertz CT molecular complexity index is 527. The Labute approximate surface area is 204 Å². The standard InChI is InChI=1S/C29H53N.C2H6/c1-8-14-15-16-19-29(30-13-6)25(7)20-21-26(11-4)24-27(12-5)22-23-28(17-9-2)18-10-3;1-2/h12-13,24,28H,8-11,14-23H2,1-7H3;1-2H3/b26-24+,27-12-,29-25+,30-13?;. The first kappa shape index (κ1) is 33.1. The third-order valence-electron chi connectivity index (χ3n) is 6.32. The lowest BCUT2D eigenvalue weighted by atomic mass is 9.90. The lowest BCUT2D eigenvalue weighted by Gasteiger charge is -2.16.